The first-order chi connectivity index (χ1) is 19.0. The van der Waals surface area contributed by atoms with Crippen molar-refractivity contribution in [2.24, 2.45) is 10.8 Å². The van der Waals surface area contributed by atoms with Crippen LogP contribution >= 0.6 is 0 Å². The molecule has 5 aliphatic rings. The minimum absolute atomic E-state index is 0.128. The van der Waals surface area contributed by atoms with E-state index in [1.165, 1.54) is 24.6 Å². The molecule has 3 aliphatic heterocycles. The molecule has 2 spiro atoms. The first kappa shape index (κ1) is 28.8. The minimum Gasteiger partial charge on any atom is -0.462 e. The van der Waals surface area contributed by atoms with Gasteiger partial charge in [0.1, 0.15) is 30.5 Å². The van der Waals surface area contributed by atoms with Crippen LogP contribution in [0.3, 0.4) is 0 Å². The second kappa shape index (κ2) is 10.9. The standard InChI is InChI=1S/C31H40O9/c1-19-10-12-30-17-36-28(34)15-20(2)11-13-35-23(21(3)38-22(4)32)8-6-7-9-27(33)40-24-16-26(39-25(30)14-19)31(18-37-31)29(24,30)5/h6-9,14-15,21,23-26H,10-13,16-18H2,1-5H3/b8-6+,9-7-,20-15+/t21-,23+,24+,25+,26+,29+,30+,31?/m0/s1. The SMILES string of the molecule is CC(=O)O[C@@H](C)[C@H]1/C=C/C=C\C(=O)O[C@@H]2C[C@H]3O[C@@H]4C=C(C)CC[C@]4(COC(=O)/C=C(\C)CCO1)[C@]2(C)C31CO1. The third-order valence-corrected chi connectivity index (χ3v) is 9.58. The van der Waals surface area contributed by atoms with Crippen LogP contribution in [0.15, 0.2) is 47.6 Å². The molecule has 1 unspecified atom stereocenters. The number of hydrogen-bond donors (Lipinski definition) is 0. The molecular weight excluding hydrogens is 516 g/mol. The van der Waals surface area contributed by atoms with Crippen molar-refractivity contribution in [3.05, 3.63) is 47.6 Å². The van der Waals surface area contributed by atoms with Crippen molar-refractivity contribution in [1.82, 2.24) is 0 Å². The summed E-state index contributed by atoms with van der Waals surface area (Å²) in [6, 6.07) is 0. The average Bonchev–Trinajstić information content (AvgIpc) is 3.66. The molecule has 3 heterocycles. The third-order valence-electron chi connectivity index (χ3n) is 9.58. The van der Waals surface area contributed by atoms with Crippen LogP contribution in [0.5, 0.6) is 0 Å². The second-order valence-electron chi connectivity index (χ2n) is 12.0. The molecule has 0 aromatic rings. The fourth-order valence-corrected chi connectivity index (χ4v) is 7.17. The summed E-state index contributed by atoms with van der Waals surface area (Å²) in [6.45, 7) is 10.1. The summed E-state index contributed by atoms with van der Waals surface area (Å²) in [5.74, 6) is -1.33. The van der Waals surface area contributed by atoms with E-state index >= 15 is 0 Å². The predicted molar refractivity (Wildman–Crippen MR) is 144 cm³/mol. The summed E-state index contributed by atoms with van der Waals surface area (Å²) >= 11 is 0. The van der Waals surface area contributed by atoms with Crippen LogP contribution in [0.4, 0.5) is 0 Å². The smallest absolute Gasteiger partial charge is 0.331 e. The van der Waals surface area contributed by atoms with Gasteiger partial charge in [-0.2, -0.15) is 0 Å². The number of hydrogen-bond acceptors (Lipinski definition) is 9. The lowest BCUT2D eigenvalue weighted by molar-refractivity contribution is -0.232. The van der Waals surface area contributed by atoms with Gasteiger partial charge >= 0.3 is 17.9 Å². The molecule has 2 saturated heterocycles. The number of cyclic esters (lactones) is 1. The van der Waals surface area contributed by atoms with E-state index in [0.29, 0.717) is 26.1 Å². The lowest BCUT2D eigenvalue weighted by atomic mass is 9.51. The minimum atomic E-state index is -0.618. The number of carbonyl (C=O) groups is 3. The van der Waals surface area contributed by atoms with Crippen molar-refractivity contribution >= 4 is 17.9 Å². The highest BCUT2D eigenvalue weighted by Gasteiger charge is 2.83. The Morgan fingerprint density at radius 2 is 1.85 bits per heavy atom. The first-order valence-electron chi connectivity index (χ1n) is 14.2. The number of rotatable bonds is 2. The molecule has 0 radical (unpaired) electrons. The van der Waals surface area contributed by atoms with Crippen molar-refractivity contribution < 1.29 is 42.8 Å². The summed E-state index contributed by atoms with van der Waals surface area (Å²) in [7, 11) is 0. The Morgan fingerprint density at radius 3 is 2.58 bits per heavy atom. The second-order valence-corrected chi connectivity index (χ2v) is 12.0. The van der Waals surface area contributed by atoms with Crippen molar-refractivity contribution in [2.45, 2.75) is 96.4 Å². The zero-order valence-corrected chi connectivity index (χ0v) is 24.0. The maximum atomic E-state index is 13.1. The molecule has 5 rings (SSSR count). The fraction of sp³-hybridized carbons (Fsp3) is 0.645. The molecule has 9 heteroatoms. The van der Waals surface area contributed by atoms with Crippen molar-refractivity contribution in [3.8, 4) is 0 Å². The van der Waals surface area contributed by atoms with Gasteiger partial charge in [0.2, 0.25) is 0 Å². The van der Waals surface area contributed by atoms with E-state index in [1.807, 2.05) is 6.92 Å². The van der Waals surface area contributed by atoms with Gasteiger partial charge in [-0.25, -0.2) is 9.59 Å². The number of ether oxygens (including phenoxy) is 6. The summed E-state index contributed by atoms with van der Waals surface area (Å²) in [5.41, 5.74) is 0.234. The summed E-state index contributed by atoms with van der Waals surface area (Å²) in [4.78, 5) is 37.6. The van der Waals surface area contributed by atoms with Crippen LogP contribution < -0.4 is 0 Å². The molecule has 2 aliphatic carbocycles. The van der Waals surface area contributed by atoms with Gasteiger partial charge in [0.05, 0.1) is 30.8 Å². The maximum absolute atomic E-state index is 13.1. The largest absolute Gasteiger partial charge is 0.462 e. The Balaban J connectivity index is 1.47. The fourth-order valence-electron chi connectivity index (χ4n) is 7.17. The Labute approximate surface area is 235 Å². The molecule has 8 atom stereocenters. The topological polar surface area (TPSA) is 110 Å². The molecule has 40 heavy (non-hydrogen) atoms. The zero-order valence-electron chi connectivity index (χ0n) is 24.0. The van der Waals surface area contributed by atoms with Crippen LogP contribution in [0.25, 0.3) is 0 Å². The Kier molecular flexibility index (Phi) is 7.85. The van der Waals surface area contributed by atoms with Gasteiger partial charge in [-0.05, 0) is 40.0 Å². The third kappa shape index (κ3) is 4.97. The number of epoxide rings is 1. The molecule has 1 saturated carbocycles. The van der Waals surface area contributed by atoms with Gasteiger partial charge in [0, 0.05) is 30.9 Å². The summed E-state index contributed by atoms with van der Waals surface area (Å²) in [6.07, 6.45) is 10.5. The van der Waals surface area contributed by atoms with E-state index in [1.54, 1.807) is 25.2 Å². The molecule has 0 amide bonds. The van der Waals surface area contributed by atoms with Crippen LogP contribution in [-0.4, -0.2) is 73.8 Å². The van der Waals surface area contributed by atoms with Gasteiger partial charge in [-0.15, -0.1) is 0 Å². The van der Waals surface area contributed by atoms with E-state index in [-0.39, 0.29) is 18.8 Å². The highest BCUT2D eigenvalue weighted by molar-refractivity contribution is 5.83. The lowest BCUT2D eigenvalue weighted by Crippen LogP contribution is -2.66. The Hall–Kier alpha value is -2.75. The summed E-state index contributed by atoms with van der Waals surface area (Å²) < 4.78 is 36.1. The van der Waals surface area contributed by atoms with E-state index in [9.17, 15) is 14.4 Å². The predicted octanol–water partition coefficient (Wildman–Crippen LogP) is 3.91. The average molecular weight is 557 g/mol. The molecule has 3 fully saturated rings. The monoisotopic (exact) mass is 556 g/mol. The van der Waals surface area contributed by atoms with Gasteiger partial charge in [-0.1, -0.05) is 42.4 Å². The summed E-state index contributed by atoms with van der Waals surface area (Å²) in [5, 5.41) is 0. The highest BCUT2D eigenvalue weighted by atomic mass is 16.6. The normalized spacial score (nSPS) is 43.4. The van der Waals surface area contributed by atoms with Crippen LogP contribution in [0.2, 0.25) is 0 Å². The van der Waals surface area contributed by atoms with Crippen LogP contribution in [-0.2, 0) is 42.8 Å². The van der Waals surface area contributed by atoms with E-state index in [4.69, 9.17) is 28.4 Å². The molecule has 2 bridgehead atoms. The van der Waals surface area contributed by atoms with Gasteiger partial charge in [0.25, 0.3) is 0 Å². The van der Waals surface area contributed by atoms with E-state index in [2.05, 4.69) is 19.9 Å². The van der Waals surface area contributed by atoms with Crippen LogP contribution in [0.1, 0.15) is 60.3 Å². The quantitative estimate of drug-likeness (QED) is 0.216. The molecule has 0 aromatic heterocycles. The molecule has 218 valence electrons. The maximum Gasteiger partial charge on any atom is 0.331 e. The van der Waals surface area contributed by atoms with Gasteiger partial charge in [-0.3, -0.25) is 4.79 Å². The Bertz CT molecular complexity index is 1160. The van der Waals surface area contributed by atoms with Crippen molar-refractivity contribution in [3.63, 3.8) is 0 Å². The molecule has 9 nitrogen and oxygen atoms in total. The first-order valence-corrected chi connectivity index (χ1v) is 14.2. The van der Waals surface area contributed by atoms with Crippen LogP contribution in [0, 0.1) is 10.8 Å². The Morgan fingerprint density at radius 1 is 1.07 bits per heavy atom. The van der Waals surface area contributed by atoms with Gasteiger partial charge in [0.15, 0.2) is 0 Å². The molecular formula is C31H40O9. The number of carbonyl (C=O) groups excluding carboxylic acids is 3. The zero-order chi connectivity index (χ0) is 28.7. The van der Waals surface area contributed by atoms with E-state index in [0.717, 1.165) is 18.4 Å². The van der Waals surface area contributed by atoms with Crippen molar-refractivity contribution in [2.75, 3.05) is 19.8 Å². The highest BCUT2D eigenvalue weighted by Crippen LogP contribution is 2.72. The molecule has 0 aromatic carbocycles. The van der Waals surface area contributed by atoms with E-state index < -0.39 is 52.7 Å². The lowest BCUT2D eigenvalue weighted by Gasteiger charge is -2.58. The molecule has 0 N–H and O–H groups in total. The van der Waals surface area contributed by atoms with Crippen molar-refractivity contribution in [1.29, 1.82) is 0 Å². The van der Waals surface area contributed by atoms with Gasteiger partial charge < -0.3 is 28.4 Å². The number of allylic oxidation sites excluding steroid dienone is 3. The number of esters is 3.